The molecule has 204 valence electrons. The largest absolute Gasteiger partial charge is 0.433 e. The number of nitrogens with zero attached hydrogens (tertiary/aromatic N) is 4. The van der Waals surface area contributed by atoms with Crippen LogP contribution in [0.3, 0.4) is 0 Å². The first-order valence-electron chi connectivity index (χ1n) is 11.0. The first-order valence-corrected chi connectivity index (χ1v) is 12.8. The first kappa shape index (κ1) is 30.8. The Morgan fingerprint density at radius 1 is 1.18 bits per heavy atom. The molecule has 0 aliphatic carbocycles. The van der Waals surface area contributed by atoms with Crippen LogP contribution in [0.5, 0.6) is 0 Å². The third kappa shape index (κ3) is 7.77. The monoisotopic (exact) mass is 573 g/mol. The molecule has 1 atom stereocenters. The molecule has 2 aromatic heterocycles. The topological polar surface area (TPSA) is 97.2 Å². The summed E-state index contributed by atoms with van der Waals surface area (Å²) in [6.07, 6.45) is 8.35. The van der Waals surface area contributed by atoms with Crippen molar-refractivity contribution in [2.75, 3.05) is 6.54 Å². The number of terminal acetylenes is 1. The minimum Gasteiger partial charge on any atom is -0.354 e. The highest BCUT2D eigenvalue weighted by molar-refractivity contribution is 7.89. The van der Waals surface area contributed by atoms with Gasteiger partial charge >= 0.3 is 6.18 Å². The molecule has 0 spiro atoms. The Morgan fingerprint density at radius 2 is 1.84 bits per heavy atom. The van der Waals surface area contributed by atoms with Crippen molar-refractivity contribution in [2.24, 2.45) is 0 Å². The van der Waals surface area contributed by atoms with Crippen molar-refractivity contribution in [3.63, 3.8) is 0 Å². The quantitative estimate of drug-likeness (QED) is 0.267. The van der Waals surface area contributed by atoms with E-state index in [0.29, 0.717) is 24.2 Å². The van der Waals surface area contributed by atoms with Crippen molar-refractivity contribution < 1.29 is 30.8 Å². The van der Waals surface area contributed by atoms with Crippen molar-refractivity contribution in [3.8, 4) is 18.5 Å². The summed E-state index contributed by atoms with van der Waals surface area (Å²) in [4.78, 5) is 13.7. The van der Waals surface area contributed by atoms with E-state index in [-0.39, 0.29) is 22.6 Å². The number of sulfonamides is 1. The molecule has 8 nitrogen and oxygen atoms in total. The number of nitrogens with one attached hydrogen (secondary N) is 1. The second-order valence-corrected chi connectivity index (χ2v) is 10.1. The third-order valence-electron chi connectivity index (χ3n) is 5.33. The van der Waals surface area contributed by atoms with E-state index in [0.717, 1.165) is 25.1 Å². The maximum atomic E-state index is 12.7. The number of hydrogen-bond acceptors (Lipinski definition) is 5. The average molecular weight is 574 g/mol. The Hall–Kier alpha value is -3.47. The standard InChI is InChI=1S/C11H8ClF3N4O.C11H14FNO2S.C2H2/c12-10-7(3-16-6-20)5-19(18-10)8-1-2-9(17-4-8)11(13,14)15;1-9-3-2-8-13(9)16(14,15)11-6-4-10(12)5-7-11;1-2/h1-2,4-6H,3H2,(H,16,20);4-7,9H,2-3,8H2,1H3;1-2H/t;9-;/m.1./s1. The highest BCUT2D eigenvalue weighted by atomic mass is 35.5. The summed E-state index contributed by atoms with van der Waals surface area (Å²) in [5, 5.41) is 6.50. The molecule has 4 rings (SSSR count). The SMILES string of the molecule is C#C.C[C@@H]1CCCN1S(=O)(=O)c1ccc(F)cc1.O=CNCc1cn(-c2ccc(C(F)(F)F)nc2)nc1Cl. The van der Waals surface area contributed by atoms with Crippen molar-refractivity contribution in [2.45, 2.75) is 43.4 Å². The molecular weight excluding hydrogens is 550 g/mol. The summed E-state index contributed by atoms with van der Waals surface area (Å²) >= 11 is 5.85. The van der Waals surface area contributed by atoms with Crippen LogP contribution in [0.2, 0.25) is 5.15 Å². The first-order chi connectivity index (χ1) is 17.9. The average Bonchev–Trinajstić information content (AvgIpc) is 3.50. The van der Waals surface area contributed by atoms with E-state index in [1.165, 1.54) is 45.5 Å². The molecule has 0 unspecified atom stereocenters. The van der Waals surface area contributed by atoms with Gasteiger partial charge < -0.3 is 5.32 Å². The summed E-state index contributed by atoms with van der Waals surface area (Å²) in [5.41, 5.74) is -0.113. The van der Waals surface area contributed by atoms with Crippen LogP contribution in [0.1, 0.15) is 31.0 Å². The van der Waals surface area contributed by atoms with Crippen LogP contribution in [0.25, 0.3) is 5.69 Å². The van der Waals surface area contributed by atoms with Gasteiger partial charge in [-0.15, -0.1) is 12.8 Å². The Bertz CT molecular complexity index is 1330. The van der Waals surface area contributed by atoms with Crippen molar-refractivity contribution >= 4 is 28.0 Å². The third-order valence-corrected chi connectivity index (χ3v) is 7.68. The van der Waals surface area contributed by atoms with Crippen LogP contribution in [-0.4, -0.2) is 46.5 Å². The molecule has 3 aromatic rings. The Labute approximate surface area is 222 Å². The molecule has 1 fully saturated rings. The molecule has 3 heterocycles. The lowest BCUT2D eigenvalue weighted by atomic mass is 10.3. The zero-order valence-electron chi connectivity index (χ0n) is 20.1. The molecule has 14 heteroatoms. The lowest BCUT2D eigenvalue weighted by Gasteiger charge is -2.20. The maximum Gasteiger partial charge on any atom is 0.433 e. The minimum atomic E-state index is -4.49. The Balaban J connectivity index is 0.000000256. The van der Waals surface area contributed by atoms with E-state index < -0.39 is 27.7 Å². The number of amides is 1. The van der Waals surface area contributed by atoms with Crippen molar-refractivity contribution in [3.05, 3.63) is 71.0 Å². The Kier molecular flexibility index (Phi) is 10.8. The van der Waals surface area contributed by atoms with E-state index in [1.54, 1.807) is 0 Å². The lowest BCUT2D eigenvalue weighted by molar-refractivity contribution is -0.141. The van der Waals surface area contributed by atoms with E-state index in [2.05, 4.69) is 28.2 Å². The van der Waals surface area contributed by atoms with Gasteiger partial charge in [0, 0.05) is 30.9 Å². The fourth-order valence-corrected chi connectivity index (χ4v) is 5.38. The van der Waals surface area contributed by atoms with E-state index >= 15 is 0 Å². The van der Waals surface area contributed by atoms with Crippen LogP contribution in [-0.2, 0) is 27.5 Å². The van der Waals surface area contributed by atoms with Crippen LogP contribution < -0.4 is 5.32 Å². The number of alkyl halides is 3. The number of hydrogen-bond donors (Lipinski definition) is 1. The van der Waals surface area contributed by atoms with Gasteiger partial charge in [0.05, 0.1) is 16.8 Å². The molecule has 1 aliphatic heterocycles. The second-order valence-electron chi connectivity index (χ2n) is 7.85. The van der Waals surface area contributed by atoms with Crippen LogP contribution in [0.4, 0.5) is 17.6 Å². The molecule has 0 saturated carbocycles. The van der Waals surface area contributed by atoms with Crippen LogP contribution >= 0.6 is 11.6 Å². The molecule has 1 N–H and O–H groups in total. The van der Waals surface area contributed by atoms with Gasteiger partial charge in [0.25, 0.3) is 0 Å². The maximum absolute atomic E-state index is 12.7. The van der Waals surface area contributed by atoms with Gasteiger partial charge in [-0.25, -0.2) is 22.5 Å². The Morgan fingerprint density at radius 3 is 2.34 bits per heavy atom. The number of benzene rings is 1. The summed E-state index contributed by atoms with van der Waals surface area (Å²) in [7, 11) is -3.44. The summed E-state index contributed by atoms with van der Waals surface area (Å²) in [5.74, 6) is -0.423. The highest BCUT2D eigenvalue weighted by Gasteiger charge is 2.33. The number of rotatable bonds is 6. The number of pyridine rings is 1. The number of halogens is 5. The fourth-order valence-electron chi connectivity index (χ4n) is 3.49. The molecule has 0 bridgehead atoms. The molecule has 1 aliphatic rings. The van der Waals surface area contributed by atoms with Crippen LogP contribution in [0, 0.1) is 18.7 Å². The van der Waals surface area contributed by atoms with Gasteiger partial charge in [-0.2, -0.15) is 22.6 Å². The molecule has 1 amide bonds. The van der Waals surface area contributed by atoms with Gasteiger partial charge in [0.1, 0.15) is 11.5 Å². The van der Waals surface area contributed by atoms with Crippen LogP contribution in [0.15, 0.2) is 53.7 Å². The van der Waals surface area contributed by atoms with Crippen molar-refractivity contribution in [1.29, 1.82) is 0 Å². The predicted molar refractivity (Wildman–Crippen MR) is 133 cm³/mol. The zero-order valence-corrected chi connectivity index (χ0v) is 21.6. The smallest absolute Gasteiger partial charge is 0.354 e. The highest BCUT2D eigenvalue weighted by Crippen LogP contribution is 2.28. The number of aromatic nitrogens is 3. The minimum absolute atomic E-state index is 0.0371. The molecule has 1 aromatic carbocycles. The number of carbonyl (C=O) groups excluding carboxylic acids is 1. The summed E-state index contributed by atoms with van der Waals surface area (Å²) in [6.45, 7) is 2.63. The van der Waals surface area contributed by atoms with E-state index in [1.807, 2.05) is 6.92 Å². The predicted octanol–water partition coefficient (Wildman–Crippen LogP) is 4.43. The zero-order chi connectivity index (χ0) is 28.5. The van der Waals surface area contributed by atoms with Gasteiger partial charge in [0.15, 0.2) is 5.15 Å². The summed E-state index contributed by atoms with van der Waals surface area (Å²) < 4.78 is 77.0. The van der Waals surface area contributed by atoms with Gasteiger partial charge in [-0.05, 0) is 56.2 Å². The molecule has 38 heavy (non-hydrogen) atoms. The van der Waals surface area contributed by atoms with Crippen molar-refractivity contribution in [1.82, 2.24) is 24.4 Å². The van der Waals surface area contributed by atoms with Gasteiger partial charge in [-0.3, -0.25) is 4.79 Å². The molecule has 0 radical (unpaired) electrons. The summed E-state index contributed by atoms with van der Waals surface area (Å²) in [6, 6.07) is 7.10. The normalized spacial score (nSPS) is 15.5. The van der Waals surface area contributed by atoms with E-state index in [9.17, 15) is 30.8 Å². The number of carbonyl (C=O) groups is 1. The van der Waals surface area contributed by atoms with Gasteiger partial charge in [-0.1, -0.05) is 11.6 Å². The molecular formula is C24H24ClF4N5O3S. The van der Waals surface area contributed by atoms with Gasteiger partial charge in [0.2, 0.25) is 16.4 Å². The molecule has 1 saturated heterocycles. The lowest BCUT2D eigenvalue weighted by Crippen LogP contribution is -2.33. The fraction of sp³-hybridized carbons (Fsp3) is 0.292. The van der Waals surface area contributed by atoms with E-state index in [4.69, 9.17) is 11.6 Å². The second kappa shape index (κ2) is 13.4.